The van der Waals surface area contributed by atoms with E-state index in [9.17, 15) is 9.59 Å². The van der Waals surface area contributed by atoms with Crippen molar-refractivity contribution in [3.8, 4) is 5.75 Å². The maximum atomic E-state index is 11.7. The number of furan rings is 1. The first-order valence-electron chi connectivity index (χ1n) is 9.38. The summed E-state index contributed by atoms with van der Waals surface area (Å²) in [6.07, 6.45) is 4.01. The lowest BCUT2D eigenvalue weighted by atomic mass is 9.91. The van der Waals surface area contributed by atoms with E-state index in [-0.39, 0.29) is 23.9 Å². The highest BCUT2D eigenvalue weighted by molar-refractivity contribution is 5.99. The van der Waals surface area contributed by atoms with E-state index in [4.69, 9.17) is 18.3 Å². The maximum absolute atomic E-state index is 11.7. The van der Waals surface area contributed by atoms with Crippen LogP contribution in [0.25, 0.3) is 21.9 Å². The zero-order valence-corrected chi connectivity index (χ0v) is 16.1. The SMILES string of the molecule is CC1=C[C@H](CC(C)C(C)COc2c3occc3cc3ccc(=O)oc23)OC1=O. The summed E-state index contributed by atoms with van der Waals surface area (Å²) < 4.78 is 22.4. The van der Waals surface area contributed by atoms with Crippen LogP contribution >= 0.6 is 0 Å². The molecule has 6 heteroatoms. The quantitative estimate of drug-likeness (QED) is 0.463. The molecule has 0 amide bonds. The van der Waals surface area contributed by atoms with Crippen molar-refractivity contribution in [1.29, 1.82) is 0 Å². The number of carbonyl (C=O) groups excluding carboxylic acids is 1. The number of benzene rings is 1. The number of rotatable bonds is 6. The fourth-order valence-electron chi connectivity index (χ4n) is 3.44. The maximum Gasteiger partial charge on any atom is 0.336 e. The Balaban J connectivity index is 1.53. The van der Waals surface area contributed by atoms with Crippen molar-refractivity contribution in [2.75, 3.05) is 6.61 Å². The number of esters is 1. The van der Waals surface area contributed by atoms with Crippen LogP contribution < -0.4 is 10.4 Å². The van der Waals surface area contributed by atoms with Crippen LogP contribution in [0.3, 0.4) is 0 Å². The summed E-state index contributed by atoms with van der Waals surface area (Å²) in [5.41, 5.74) is 1.17. The summed E-state index contributed by atoms with van der Waals surface area (Å²) in [5.74, 6) is 0.641. The first kappa shape index (κ1) is 18.3. The van der Waals surface area contributed by atoms with Crippen molar-refractivity contribution < 1.29 is 23.1 Å². The van der Waals surface area contributed by atoms with Gasteiger partial charge in [-0.15, -0.1) is 0 Å². The molecule has 28 heavy (non-hydrogen) atoms. The van der Waals surface area contributed by atoms with E-state index in [1.807, 2.05) is 18.2 Å². The topological polar surface area (TPSA) is 78.9 Å². The van der Waals surface area contributed by atoms with Gasteiger partial charge in [0, 0.05) is 22.4 Å². The molecule has 0 saturated heterocycles. The molecule has 0 spiro atoms. The van der Waals surface area contributed by atoms with Crippen molar-refractivity contribution >= 4 is 27.9 Å². The lowest BCUT2D eigenvalue weighted by molar-refractivity contribution is -0.140. The van der Waals surface area contributed by atoms with Crippen LogP contribution in [0.4, 0.5) is 0 Å². The van der Waals surface area contributed by atoms with Gasteiger partial charge >= 0.3 is 11.6 Å². The summed E-state index contributed by atoms with van der Waals surface area (Å²) in [4.78, 5) is 23.2. The Morgan fingerprint density at radius 1 is 1.07 bits per heavy atom. The first-order chi connectivity index (χ1) is 13.4. The lowest BCUT2D eigenvalue weighted by Crippen LogP contribution is -2.21. The number of hydrogen-bond acceptors (Lipinski definition) is 6. The van der Waals surface area contributed by atoms with Gasteiger partial charge in [0.25, 0.3) is 0 Å². The monoisotopic (exact) mass is 382 g/mol. The van der Waals surface area contributed by atoms with Crippen molar-refractivity contribution in [1.82, 2.24) is 0 Å². The minimum absolute atomic E-state index is 0.183. The van der Waals surface area contributed by atoms with Gasteiger partial charge in [-0.25, -0.2) is 9.59 Å². The summed E-state index contributed by atoms with van der Waals surface area (Å²) in [6, 6.07) is 6.86. The van der Waals surface area contributed by atoms with E-state index in [1.165, 1.54) is 6.07 Å². The van der Waals surface area contributed by atoms with Crippen LogP contribution in [0, 0.1) is 11.8 Å². The van der Waals surface area contributed by atoms with Crippen molar-refractivity contribution in [2.45, 2.75) is 33.3 Å². The molecular weight excluding hydrogens is 360 g/mol. The standard InChI is InChI=1S/C22H22O6/c1-12(8-17-9-13(2)22(24)27-17)14(3)11-26-21-19-16(6-7-25-19)10-15-4-5-18(23)28-20(15)21/h4-7,9-10,12,14,17H,8,11H2,1-3H3/t12?,14?,17-/m0/s1. The van der Waals surface area contributed by atoms with Gasteiger partial charge in [-0.2, -0.15) is 0 Å². The summed E-state index contributed by atoms with van der Waals surface area (Å²) >= 11 is 0. The molecule has 1 aliphatic heterocycles. The molecule has 3 heterocycles. The second kappa shape index (κ2) is 7.19. The zero-order chi connectivity index (χ0) is 19.8. The van der Waals surface area contributed by atoms with Gasteiger partial charge in [-0.3, -0.25) is 0 Å². The van der Waals surface area contributed by atoms with E-state index in [1.54, 1.807) is 19.3 Å². The van der Waals surface area contributed by atoms with E-state index >= 15 is 0 Å². The molecule has 2 aromatic heterocycles. The predicted octanol–water partition coefficient (Wildman–Crippen LogP) is 4.45. The number of carbonyl (C=O) groups is 1. The fraction of sp³-hybridized carbons (Fsp3) is 0.364. The Morgan fingerprint density at radius 2 is 1.86 bits per heavy atom. The zero-order valence-electron chi connectivity index (χ0n) is 16.1. The van der Waals surface area contributed by atoms with E-state index in [2.05, 4.69) is 13.8 Å². The molecule has 3 atom stereocenters. The summed E-state index contributed by atoms with van der Waals surface area (Å²) in [7, 11) is 0. The molecule has 0 saturated carbocycles. The third kappa shape index (κ3) is 3.42. The van der Waals surface area contributed by atoms with E-state index in [0.717, 1.165) is 17.2 Å². The highest BCUT2D eigenvalue weighted by Gasteiger charge is 2.26. The largest absolute Gasteiger partial charge is 0.486 e. The van der Waals surface area contributed by atoms with Gasteiger partial charge in [-0.1, -0.05) is 13.8 Å². The first-order valence-corrected chi connectivity index (χ1v) is 9.38. The van der Waals surface area contributed by atoms with Gasteiger partial charge < -0.3 is 18.3 Å². The average molecular weight is 382 g/mol. The number of fused-ring (bicyclic) bond motifs is 2. The van der Waals surface area contributed by atoms with Gasteiger partial charge in [0.2, 0.25) is 5.75 Å². The summed E-state index contributed by atoms with van der Waals surface area (Å²) in [6.45, 7) is 6.37. The Labute approximate surface area is 161 Å². The molecule has 146 valence electrons. The molecule has 0 bridgehead atoms. The Hall–Kier alpha value is -3.02. The van der Waals surface area contributed by atoms with Crippen molar-refractivity contribution in [3.05, 3.63) is 52.6 Å². The second-order valence-corrected chi connectivity index (χ2v) is 7.51. The molecule has 0 N–H and O–H groups in total. The molecule has 0 aliphatic carbocycles. The predicted molar refractivity (Wildman–Crippen MR) is 104 cm³/mol. The van der Waals surface area contributed by atoms with Crippen molar-refractivity contribution in [2.24, 2.45) is 11.8 Å². The molecule has 0 fully saturated rings. The van der Waals surface area contributed by atoms with Gasteiger partial charge in [0.15, 0.2) is 11.2 Å². The minimum atomic E-state index is -0.435. The minimum Gasteiger partial charge on any atom is -0.486 e. The molecule has 1 aromatic carbocycles. The van der Waals surface area contributed by atoms with Crippen LogP contribution in [-0.2, 0) is 9.53 Å². The summed E-state index contributed by atoms with van der Waals surface area (Å²) in [5, 5.41) is 1.67. The number of hydrogen-bond donors (Lipinski definition) is 0. The molecule has 2 unspecified atom stereocenters. The van der Waals surface area contributed by atoms with E-state index in [0.29, 0.717) is 29.1 Å². The number of cyclic esters (lactones) is 1. The highest BCUT2D eigenvalue weighted by atomic mass is 16.5. The van der Waals surface area contributed by atoms with Crippen LogP contribution in [0.2, 0.25) is 0 Å². The van der Waals surface area contributed by atoms with Gasteiger partial charge in [-0.05, 0) is 49.5 Å². The second-order valence-electron chi connectivity index (χ2n) is 7.51. The molecule has 1 aliphatic rings. The normalized spacial score (nSPS) is 18.9. The van der Waals surface area contributed by atoms with Gasteiger partial charge in [0.1, 0.15) is 6.10 Å². The Morgan fingerprint density at radius 3 is 2.61 bits per heavy atom. The molecule has 3 aromatic rings. The third-order valence-electron chi connectivity index (χ3n) is 5.37. The number of ether oxygens (including phenoxy) is 2. The third-order valence-corrected chi connectivity index (χ3v) is 5.37. The molecular formula is C22H22O6. The lowest BCUT2D eigenvalue weighted by Gasteiger charge is -2.22. The van der Waals surface area contributed by atoms with Crippen LogP contribution in [-0.4, -0.2) is 18.7 Å². The van der Waals surface area contributed by atoms with Crippen LogP contribution in [0.15, 0.2) is 55.8 Å². The van der Waals surface area contributed by atoms with Crippen molar-refractivity contribution in [3.63, 3.8) is 0 Å². The molecule has 0 radical (unpaired) electrons. The average Bonchev–Trinajstić information content (AvgIpc) is 3.24. The highest BCUT2D eigenvalue weighted by Crippen LogP contribution is 2.35. The Bertz CT molecular complexity index is 1120. The smallest absolute Gasteiger partial charge is 0.336 e. The van der Waals surface area contributed by atoms with E-state index < -0.39 is 5.63 Å². The molecule has 4 rings (SSSR count). The van der Waals surface area contributed by atoms with Crippen LogP contribution in [0.5, 0.6) is 5.75 Å². The van der Waals surface area contributed by atoms with Crippen LogP contribution in [0.1, 0.15) is 27.2 Å². The molecule has 6 nitrogen and oxygen atoms in total. The Kier molecular flexibility index (Phi) is 4.71. The van der Waals surface area contributed by atoms with Gasteiger partial charge in [0.05, 0.1) is 12.9 Å². The fourth-order valence-corrected chi connectivity index (χ4v) is 3.44.